The Balaban J connectivity index is 2.10. The first-order valence-corrected chi connectivity index (χ1v) is 6.30. The summed E-state index contributed by atoms with van der Waals surface area (Å²) in [6.45, 7) is 3.44. The maximum atomic E-state index is 8.56. The van der Waals surface area contributed by atoms with Crippen LogP contribution in [0, 0.1) is 0 Å². The number of ether oxygens (including phenoxy) is 2. The highest BCUT2D eigenvalue weighted by Gasteiger charge is 1.98. The summed E-state index contributed by atoms with van der Waals surface area (Å²) in [6.07, 6.45) is 5.91. The van der Waals surface area contributed by atoms with Gasteiger partial charge >= 0.3 is 0 Å². The first-order chi connectivity index (χ1) is 8.86. The fourth-order valence-electron chi connectivity index (χ4n) is 1.51. The Bertz CT molecular complexity index is 305. The minimum atomic E-state index is 0.0629. The third kappa shape index (κ3) is 6.58. The number of nitrogens with one attached hydrogen (secondary N) is 1. The van der Waals surface area contributed by atoms with Gasteiger partial charge in [0.15, 0.2) is 0 Å². The van der Waals surface area contributed by atoms with Crippen molar-refractivity contribution in [3.05, 3.63) is 12.4 Å². The topological polar surface area (TPSA) is 68.5 Å². The van der Waals surface area contributed by atoms with Gasteiger partial charge in [-0.2, -0.15) is 5.10 Å². The largest absolute Gasteiger partial charge is 0.394 e. The Morgan fingerprint density at radius 1 is 1.33 bits per heavy atom. The van der Waals surface area contributed by atoms with E-state index < -0.39 is 0 Å². The molecule has 104 valence electrons. The molecule has 0 bridgehead atoms. The summed E-state index contributed by atoms with van der Waals surface area (Å²) in [7, 11) is 1.72. The molecule has 1 rings (SSSR count). The normalized spacial score (nSPS) is 10.8. The lowest BCUT2D eigenvalue weighted by Gasteiger charge is -2.03. The van der Waals surface area contributed by atoms with Gasteiger partial charge in [0, 0.05) is 26.5 Å². The predicted octanol–water partition coefficient (Wildman–Crippen LogP) is 0.730. The molecule has 6 heteroatoms. The Hall–Kier alpha value is -1.11. The van der Waals surface area contributed by atoms with Crippen LogP contribution in [0.4, 0.5) is 5.69 Å². The standard InChI is InChI=1S/C12H23N3O3/c1-17-7-3-2-4-13-12-10-14-15(11-12)5-8-18-9-6-16/h10-11,13,16H,2-9H2,1H3. The number of hydrogen-bond donors (Lipinski definition) is 2. The maximum Gasteiger partial charge on any atom is 0.0726 e. The number of methoxy groups -OCH3 is 1. The van der Waals surface area contributed by atoms with Crippen LogP contribution in [-0.4, -0.2) is 55.0 Å². The van der Waals surface area contributed by atoms with Gasteiger partial charge in [0.1, 0.15) is 0 Å². The molecule has 0 radical (unpaired) electrons. The lowest BCUT2D eigenvalue weighted by Crippen LogP contribution is -2.08. The fourth-order valence-corrected chi connectivity index (χ4v) is 1.51. The molecule has 0 aliphatic heterocycles. The second-order valence-corrected chi connectivity index (χ2v) is 3.95. The molecular weight excluding hydrogens is 234 g/mol. The van der Waals surface area contributed by atoms with E-state index >= 15 is 0 Å². The smallest absolute Gasteiger partial charge is 0.0726 e. The number of aliphatic hydroxyl groups excluding tert-OH is 1. The number of aromatic nitrogens is 2. The van der Waals surface area contributed by atoms with Crippen molar-refractivity contribution in [3.63, 3.8) is 0 Å². The van der Waals surface area contributed by atoms with Crippen LogP contribution < -0.4 is 5.32 Å². The van der Waals surface area contributed by atoms with Gasteiger partial charge in [0.25, 0.3) is 0 Å². The molecule has 0 saturated heterocycles. The summed E-state index contributed by atoms with van der Waals surface area (Å²) < 4.78 is 12.0. The first kappa shape index (κ1) is 14.9. The summed E-state index contributed by atoms with van der Waals surface area (Å²) in [5.41, 5.74) is 1.02. The molecule has 1 aromatic rings. The number of aliphatic hydroxyl groups is 1. The van der Waals surface area contributed by atoms with Gasteiger partial charge in [0.05, 0.1) is 38.2 Å². The quantitative estimate of drug-likeness (QED) is 0.572. The highest BCUT2D eigenvalue weighted by molar-refractivity contribution is 5.37. The van der Waals surface area contributed by atoms with Gasteiger partial charge in [0.2, 0.25) is 0 Å². The molecule has 6 nitrogen and oxygen atoms in total. The van der Waals surface area contributed by atoms with Gasteiger partial charge < -0.3 is 19.9 Å². The van der Waals surface area contributed by atoms with E-state index in [-0.39, 0.29) is 6.61 Å². The van der Waals surface area contributed by atoms with Crippen molar-refractivity contribution in [3.8, 4) is 0 Å². The summed E-state index contributed by atoms with van der Waals surface area (Å²) >= 11 is 0. The summed E-state index contributed by atoms with van der Waals surface area (Å²) in [6, 6.07) is 0. The van der Waals surface area contributed by atoms with E-state index in [9.17, 15) is 0 Å². The summed E-state index contributed by atoms with van der Waals surface area (Å²) in [5.74, 6) is 0. The SMILES string of the molecule is COCCCCNc1cnn(CCOCCO)c1. The average Bonchev–Trinajstić information content (AvgIpc) is 2.82. The monoisotopic (exact) mass is 257 g/mol. The van der Waals surface area contributed by atoms with Crippen LogP contribution in [0.25, 0.3) is 0 Å². The molecule has 0 saturated carbocycles. The van der Waals surface area contributed by atoms with Crippen LogP contribution in [0.1, 0.15) is 12.8 Å². The third-order valence-electron chi connectivity index (χ3n) is 2.44. The second-order valence-electron chi connectivity index (χ2n) is 3.95. The highest BCUT2D eigenvalue weighted by Crippen LogP contribution is 2.05. The minimum Gasteiger partial charge on any atom is -0.394 e. The van der Waals surface area contributed by atoms with Crippen molar-refractivity contribution < 1.29 is 14.6 Å². The van der Waals surface area contributed by atoms with E-state index in [0.29, 0.717) is 19.8 Å². The van der Waals surface area contributed by atoms with Crippen molar-refractivity contribution in [2.24, 2.45) is 0 Å². The molecular formula is C12H23N3O3. The van der Waals surface area contributed by atoms with Crippen molar-refractivity contribution in [1.82, 2.24) is 9.78 Å². The summed E-state index contributed by atoms with van der Waals surface area (Å²) in [4.78, 5) is 0. The summed E-state index contributed by atoms with van der Waals surface area (Å²) in [5, 5.41) is 16.1. The third-order valence-corrected chi connectivity index (χ3v) is 2.44. The van der Waals surface area contributed by atoms with Crippen molar-refractivity contribution in [2.75, 3.05) is 45.4 Å². The van der Waals surface area contributed by atoms with Crippen LogP contribution in [-0.2, 0) is 16.0 Å². The number of rotatable bonds is 11. The predicted molar refractivity (Wildman–Crippen MR) is 69.7 cm³/mol. The Morgan fingerprint density at radius 3 is 3.00 bits per heavy atom. The molecule has 18 heavy (non-hydrogen) atoms. The Morgan fingerprint density at radius 2 is 2.22 bits per heavy atom. The lowest BCUT2D eigenvalue weighted by atomic mass is 10.3. The van der Waals surface area contributed by atoms with E-state index in [1.807, 2.05) is 17.1 Å². The number of nitrogens with zero attached hydrogens (tertiary/aromatic N) is 2. The maximum absolute atomic E-state index is 8.56. The molecule has 0 aromatic carbocycles. The van der Waals surface area contributed by atoms with E-state index in [2.05, 4.69) is 10.4 Å². The van der Waals surface area contributed by atoms with E-state index in [4.69, 9.17) is 14.6 Å². The fraction of sp³-hybridized carbons (Fsp3) is 0.750. The van der Waals surface area contributed by atoms with Crippen LogP contribution >= 0.6 is 0 Å². The Labute approximate surface area is 108 Å². The van der Waals surface area contributed by atoms with Crippen LogP contribution in [0.5, 0.6) is 0 Å². The molecule has 0 fully saturated rings. The molecule has 0 amide bonds. The van der Waals surface area contributed by atoms with Crippen molar-refractivity contribution in [2.45, 2.75) is 19.4 Å². The average molecular weight is 257 g/mol. The van der Waals surface area contributed by atoms with Crippen LogP contribution in [0.15, 0.2) is 12.4 Å². The molecule has 1 heterocycles. The zero-order chi connectivity index (χ0) is 13.1. The van der Waals surface area contributed by atoms with Gasteiger partial charge in [-0.15, -0.1) is 0 Å². The number of unbranched alkanes of at least 4 members (excludes halogenated alkanes) is 1. The van der Waals surface area contributed by atoms with E-state index in [0.717, 1.165) is 31.7 Å². The number of anilines is 1. The Kier molecular flexibility index (Phi) is 8.20. The molecule has 1 aromatic heterocycles. The first-order valence-electron chi connectivity index (χ1n) is 6.30. The molecule has 0 aliphatic rings. The van der Waals surface area contributed by atoms with Gasteiger partial charge in [-0.05, 0) is 12.8 Å². The van der Waals surface area contributed by atoms with Crippen molar-refractivity contribution in [1.29, 1.82) is 0 Å². The zero-order valence-electron chi connectivity index (χ0n) is 11.0. The number of hydrogen-bond acceptors (Lipinski definition) is 5. The van der Waals surface area contributed by atoms with E-state index in [1.54, 1.807) is 7.11 Å². The van der Waals surface area contributed by atoms with E-state index in [1.165, 1.54) is 0 Å². The molecule has 0 unspecified atom stereocenters. The molecule has 0 aliphatic carbocycles. The zero-order valence-corrected chi connectivity index (χ0v) is 11.0. The van der Waals surface area contributed by atoms with Gasteiger partial charge in [-0.1, -0.05) is 0 Å². The molecule has 0 atom stereocenters. The van der Waals surface area contributed by atoms with Gasteiger partial charge in [-0.25, -0.2) is 0 Å². The molecule has 0 spiro atoms. The minimum absolute atomic E-state index is 0.0629. The van der Waals surface area contributed by atoms with Gasteiger partial charge in [-0.3, -0.25) is 4.68 Å². The van der Waals surface area contributed by atoms with Crippen LogP contribution in [0.2, 0.25) is 0 Å². The van der Waals surface area contributed by atoms with Crippen molar-refractivity contribution >= 4 is 5.69 Å². The molecule has 2 N–H and O–H groups in total. The lowest BCUT2D eigenvalue weighted by molar-refractivity contribution is 0.0854. The second kappa shape index (κ2) is 9.87. The highest BCUT2D eigenvalue weighted by atomic mass is 16.5. The van der Waals surface area contributed by atoms with Crippen LogP contribution in [0.3, 0.4) is 0 Å².